The summed E-state index contributed by atoms with van der Waals surface area (Å²) in [7, 11) is 3.97. The number of benzene rings is 2. The molecule has 6 nitrogen and oxygen atoms in total. The van der Waals surface area contributed by atoms with Gasteiger partial charge in [0.05, 0.1) is 25.5 Å². The Balaban J connectivity index is 1.60. The standard InChI is InChI=1S/C21H21BrN5OS/c1-14-19(20(28)26(27(14,2)3)17-10-5-4-6-11-17)23-21-25-24-18(13-29-21)15-8-7-9-16(22)12-15/h4-12H,13H2,1-3H3,(H,23,25)/q+1. The maximum Gasteiger partial charge on any atom is 0.328 e. The Morgan fingerprint density at radius 1 is 1.17 bits per heavy atom. The van der Waals surface area contributed by atoms with Crippen LogP contribution in [0.3, 0.4) is 0 Å². The van der Waals surface area contributed by atoms with Gasteiger partial charge in [0, 0.05) is 17.1 Å². The number of carbonyl (C=O) groups excluding carboxylic acids is 1. The fourth-order valence-corrected chi connectivity index (χ4v) is 4.46. The van der Waals surface area contributed by atoms with Gasteiger partial charge in [-0.2, -0.15) is 9.69 Å². The molecule has 0 aliphatic carbocycles. The third-order valence-corrected chi connectivity index (χ3v) is 6.43. The number of halogens is 1. The van der Waals surface area contributed by atoms with E-state index in [0.29, 0.717) is 21.2 Å². The van der Waals surface area contributed by atoms with Gasteiger partial charge < -0.3 is 0 Å². The van der Waals surface area contributed by atoms with E-state index in [1.54, 1.807) is 16.8 Å². The lowest BCUT2D eigenvalue weighted by Gasteiger charge is -2.33. The van der Waals surface area contributed by atoms with Crippen molar-refractivity contribution in [3.8, 4) is 0 Å². The summed E-state index contributed by atoms with van der Waals surface area (Å²) < 4.78 is 1.33. The molecule has 1 N–H and O–H groups in total. The SMILES string of the molecule is CC1=C(N=C2NN=C(c3cccc(Br)c3)CS2)C(=O)N(c2ccccc2)[N+]1(C)C. The van der Waals surface area contributed by atoms with E-state index in [1.165, 1.54) is 0 Å². The topological polar surface area (TPSA) is 57.1 Å². The van der Waals surface area contributed by atoms with Crippen molar-refractivity contribution in [2.75, 3.05) is 24.9 Å². The van der Waals surface area contributed by atoms with E-state index in [2.05, 4.69) is 31.4 Å². The van der Waals surface area contributed by atoms with Crippen molar-refractivity contribution in [2.45, 2.75) is 6.92 Å². The number of hydrogen-bond donors (Lipinski definition) is 1. The first-order valence-electron chi connectivity index (χ1n) is 9.13. The van der Waals surface area contributed by atoms with E-state index in [9.17, 15) is 4.79 Å². The summed E-state index contributed by atoms with van der Waals surface area (Å²) in [4.78, 5) is 17.8. The summed E-state index contributed by atoms with van der Waals surface area (Å²) in [5.74, 6) is 0.569. The molecule has 0 bridgehead atoms. The minimum atomic E-state index is -0.115. The Kier molecular flexibility index (Phi) is 5.33. The number of amidine groups is 1. The Hall–Kier alpha value is -2.42. The summed E-state index contributed by atoms with van der Waals surface area (Å²) in [6, 6.07) is 17.7. The predicted octanol–water partition coefficient (Wildman–Crippen LogP) is 4.12. The molecule has 0 saturated carbocycles. The number of rotatable bonds is 3. The van der Waals surface area contributed by atoms with Gasteiger partial charge in [-0.25, -0.2) is 4.99 Å². The van der Waals surface area contributed by atoms with Crippen molar-refractivity contribution in [2.24, 2.45) is 10.1 Å². The van der Waals surface area contributed by atoms with Crippen molar-refractivity contribution < 1.29 is 9.39 Å². The average Bonchev–Trinajstić information content (AvgIpc) is 2.88. The van der Waals surface area contributed by atoms with Gasteiger partial charge in [0.25, 0.3) is 0 Å². The molecule has 0 saturated heterocycles. The number of hydrogen-bond acceptors (Lipinski definition) is 4. The molecule has 0 unspecified atom stereocenters. The lowest BCUT2D eigenvalue weighted by atomic mass is 10.1. The van der Waals surface area contributed by atoms with E-state index in [0.717, 1.165) is 27.1 Å². The zero-order valence-corrected chi connectivity index (χ0v) is 18.8. The molecule has 0 aromatic heterocycles. The summed E-state index contributed by atoms with van der Waals surface area (Å²) in [6.07, 6.45) is 0. The van der Waals surface area contributed by atoms with Crippen LogP contribution in [0.25, 0.3) is 0 Å². The fourth-order valence-electron chi connectivity index (χ4n) is 3.29. The Morgan fingerprint density at radius 3 is 2.59 bits per heavy atom. The fraction of sp³-hybridized carbons (Fsp3) is 0.190. The van der Waals surface area contributed by atoms with E-state index in [1.807, 2.05) is 75.6 Å². The molecule has 8 heteroatoms. The van der Waals surface area contributed by atoms with Crippen LogP contribution in [0, 0.1) is 0 Å². The number of anilines is 1. The molecular formula is C21H21BrN5OS+. The number of allylic oxidation sites excluding steroid dienone is 1. The highest BCUT2D eigenvalue weighted by Gasteiger charge is 2.46. The van der Waals surface area contributed by atoms with Crippen molar-refractivity contribution >= 4 is 50.2 Å². The largest absolute Gasteiger partial charge is 0.328 e. The van der Waals surface area contributed by atoms with Crippen LogP contribution >= 0.6 is 27.7 Å². The number of aliphatic imine (C=N–C) groups is 1. The third kappa shape index (κ3) is 3.75. The average molecular weight is 471 g/mol. The molecule has 0 radical (unpaired) electrons. The number of hydrazone groups is 1. The molecule has 2 aromatic carbocycles. The molecule has 148 valence electrons. The smallest absolute Gasteiger partial charge is 0.261 e. The van der Waals surface area contributed by atoms with Crippen molar-refractivity contribution in [1.29, 1.82) is 0 Å². The molecule has 0 fully saturated rings. The number of quaternary nitrogens is 1. The molecular weight excluding hydrogens is 450 g/mol. The van der Waals surface area contributed by atoms with Crippen LogP contribution in [0.15, 0.2) is 80.6 Å². The van der Waals surface area contributed by atoms with Crippen LogP contribution in [-0.2, 0) is 4.79 Å². The number of amides is 1. The van der Waals surface area contributed by atoms with Crippen LogP contribution in [-0.4, -0.2) is 41.2 Å². The van der Waals surface area contributed by atoms with E-state index < -0.39 is 0 Å². The third-order valence-electron chi connectivity index (χ3n) is 5.06. The number of nitrogens with zero attached hydrogens (tertiary/aromatic N) is 4. The number of para-hydroxylation sites is 1. The first-order chi connectivity index (χ1) is 13.9. The van der Waals surface area contributed by atoms with Gasteiger partial charge in [-0.15, -0.1) is 5.01 Å². The highest BCUT2D eigenvalue weighted by Crippen LogP contribution is 2.35. The molecule has 0 spiro atoms. The maximum absolute atomic E-state index is 13.2. The van der Waals surface area contributed by atoms with Gasteiger partial charge in [-0.1, -0.05) is 58.0 Å². The minimum absolute atomic E-state index is 0.115. The van der Waals surface area contributed by atoms with Gasteiger partial charge in [0.1, 0.15) is 0 Å². The van der Waals surface area contributed by atoms with Crippen LogP contribution in [0.1, 0.15) is 12.5 Å². The second-order valence-corrected chi connectivity index (χ2v) is 9.05. The summed E-state index contributed by atoms with van der Waals surface area (Å²) in [5.41, 5.74) is 7.19. The summed E-state index contributed by atoms with van der Waals surface area (Å²) >= 11 is 5.03. The Morgan fingerprint density at radius 2 is 1.93 bits per heavy atom. The number of carbonyl (C=O) groups is 1. The minimum Gasteiger partial charge on any atom is -0.261 e. The van der Waals surface area contributed by atoms with Gasteiger partial charge in [0.15, 0.2) is 16.6 Å². The maximum atomic E-state index is 13.2. The van der Waals surface area contributed by atoms with Crippen LogP contribution in [0.5, 0.6) is 0 Å². The van der Waals surface area contributed by atoms with Gasteiger partial charge in [0.2, 0.25) is 0 Å². The molecule has 2 aromatic rings. The van der Waals surface area contributed by atoms with E-state index >= 15 is 0 Å². The zero-order valence-electron chi connectivity index (χ0n) is 16.4. The summed E-state index contributed by atoms with van der Waals surface area (Å²) in [5, 5.41) is 6.84. The normalized spacial score (nSPS) is 20.1. The molecule has 2 aliphatic rings. The molecule has 4 rings (SSSR count). The quantitative estimate of drug-likeness (QED) is 0.686. The highest BCUT2D eigenvalue weighted by molar-refractivity contribution is 9.10. The van der Waals surface area contributed by atoms with Crippen LogP contribution in [0.4, 0.5) is 5.69 Å². The first kappa shape index (κ1) is 19.9. The first-order valence-corrected chi connectivity index (χ1v) is 10.9. The van der Waals surface area contributed by atoms with Gasteiger partial charge >= 0.3 is 5.91 Å². The predicted molar refractivity (Wildman–Crippen MR) is 122 cm³/mol. The number of thioether (sulfide) groups is 1. The van der Waals surface area contributed by atoms with Crippen molar-refractivity contribution in [3.63, 3.8) is 0 Å². The van der Waals surface area contributed by atoms with Crippen LogP contribution in [0.2, 0.25) is 0 Å². The second-order valence-electron chi connectivity index (χ2n) is 7.17. The zero-order chi connectivity index (χ0) is 20.6. The lowest BCUT2D eigenvalue weighted by Crippen LogP contribution is -2.51. The highest BCUT2D eigenvalue weighted by atomic mass is 79.9. The monoisotopic (exact) mass is 470 g/mol. The van der Waals surface area contributed by atoms with Crippen molar-refractivity contribution in [1.82, 2.24) is 5.43 Å². The molecule has 29 heavy (non-hydrogen) atoms. The van der Waals surface area contributed by atoms with Crippen molar-refractivity contribution in [3.05, 3.63) is 76.0 Å². The number of nitrogens with one attached hydrogen (secondary N) is 1. The van der Waals surface area contributed by atoms with E-state index in [-0.39, 0.29) is 5.91 Å². The van der Waals surface area contributed by atoms with E-state index in [4.69, 9.17) is 0 Å². The van der Waals surface area contributed by atoms with Crippen LogP contribution < -0.4 is 10.4 Å². The molecule has 2 heterocycles. The summed E-state index contributed by atoms with van der Waals surface area (Å²) in [6.45, 7) is 1.95. The Labute approximate surface area is 182 Å². The molecule has 0 atom stereocenters. The lowest BCUT2D eigenvalue weighted by molar-refractivity contribution is -0.850. The van der Waals surface area contributed by atoms with Gasteiger partial charge in [-0.05, 0) is 29.8 Å². The second kappa shape index (κ2) is 7.78. The molecule has 2 aliphatic heterocycles. The molecule has 1 amide bonds. The Bertz CT molecular complexity index is 1060. The van der Waals surface area contributed by atoms with Gasteiger partial charge in [-0.3, -0.25) is 10.2 Å².